The van der Waals surface area contributed by atoms with E-state index in [1.165, 1.54) is 0 Å². The Balaban J connectivity index is 1.32. The molecule has 2 heterocycles. The topological polar surface area (TPSA) is 86.5 Å². The minimum atomic E-state index is -0.0191. The monoisotopic (exact) mass is 407 g/mol. The van der Waals surface area contributed by atoms with Crippen molar-refractivity contribution in [2.45, 2.75) is 26.2 Å². The number of amides is 1. The molecule has 0 aliphatic rings. The van der Waals surface area contributed by atoms with Gasteiger partial charge in [0.15, 0.2) is 0 Å². The molecule has 1 amide bonds. The van der Waals surface area contributed by atoms with E-state index in [1.807, 2.05) is 55.5 Å². The average molecular weight is 408 g/mol. The van der Waals surface area contributed by atoms with E-state index >= 15 is 0 Å². The van der Waals surface area contributed by atoms with Gasteiger partial charge in [0.25, 0.3) is 0 Å². The van der Waals surface area contributed by atoms with Gasteiger partial charge in [-0.25, -0.2) is 4.98 Å². The molecule has 4 rings (SSSR count). The molecule has 6 nitrogen and oxygen atoms in total. The van der Waals surface area contributed by atoms with Crippen molar-refractivity contribution >= 4 is 28.5 Å². The van der Waals surface area contributed by atoms with Crippen LogP contribution < -0.4 is 5.32 Å². The molecule has 148 valence electrons. The highest BCUT2D eigenvalue weighted by Gasteiger charge is 2.15. The Bertz CT molecular complexity index is 1100. The van der Waals surface area contributed by atoms with Crippen LogP contribution in [0.25, 0.3) is 22.3 Å². The number of benzene rings is 2. The smallest absolute Gasteiger partial charge is 0.224 e. The number of hydrogen-bond donors (Lipinski definition) is 3. The van der Waals surface area contributed by atoms with Gasteiger partial charge in [-0.3, -0.25) is 9.89 Å². The van der Waals surface area contributed by atoms with Gasteiger partial charge >= 0.3 is 0 Å². The molecule has 2 aromatic heterocycles. The van der Waals surface area contributed by atoms with Gasteiger partial charge in [0.05, 0.1) is 23.1 Å². The third kappa shape index (κ3) is 4.49. The SMILES string of the molecule is Cc1[nH]nc(-c2ccc(Cl)cc2)c1CC(=O)NCCCc1nc2ccccc2[nH]1. The molecule has 0 radical (unpaired) electrons. The van der Waals surface area contributed by atoms with Crippen LogP contribution in [-0.2, 0) is 17.6 Å². The Kier molecular flexibility index (Phi) is 5.62. The number of aryl methyl sites for hydroxylation is 2. The molecule has 0 spiro atoms. The quantitative estimate of drug-likeness (QED) is 0.401. The van der Waals surface area contributed by atoms with Crippen molar-refractivity contribution in [3.8, 4) is 11.3 Å². The maximum absolute atomic E-state index is 12.5. The van der Waals surface area contributed by atoms with E-state index in [4.69, 9.17) is 11.6 Å². The first-order chi connectivity index (χ1) is 14.1. The van der Waals surface area contributed by atoms with Crippen LogP contribution in [0.3, 0.4) is 0 Å². The van der Waals surface area contributed by atoms with Gasteiger partial charge in [0.1, 0.15) is 5.82 Å². The lowest BCUT2D eigenvalue weighted by molar-refractivity contribution is -0.120. The van der Waals surface area contributed by atoms with E-state index in [1.54, 1.807) is 0 Å². The summed E-state index contributed by atoms with van der Waals surface area (Å²) in [6.45, 7) is 2.53. The first kappa shape index (κ1) is 19.2. The predicted molar refractivity (Wildman–Crippen MR) is 115 cm³/mol. The summed E-state index contributed by atoms with van der Waals surface area (Å²) in [5.41, 5.74) is 5.53. The number of aromatic amines is 2. The summed E-state index contributed by atoms with van der Waals surface area (Å²) >= 11 is 5.97. The van der Waals surface area contributed by atoms with E-state index in [9.17, 15) is 4.79 Å². The van der Waals surface area contributed by atoms with E-state index < -0.39 is 0 Å². The predicted octanol–water partition coefficient (Wildman–Crippen LogP) is 4.21. The van der Waals surface area contributed by atoms with Crippen molar-refractivity contribution < 1.29 is 4.79 Å². The molecule has 2 aromatic carbocycles. The third-order valence-corrected chi connectivity index (χ3v) is 5.13. The van der Waals surface area contributed by atoms with Crippen LogP contribution >= 0.6 is 11.6 Å². The van der Waals surface area contributed by atoms with Crippen molar-refractivity contribution in [1.82, 2.24) is 25.5 Å². The number of fused-ring (bicyclic) bond motifs is 1. The highest BCUT2D eigenvalue weighted by atomic mass is 35.5. The van der Waals surface area contributed by atoms with E-state index in [0.29, 0.717) is 11.6 Å². The molecule has 3 N–H and O–H groups in total. The van der Waals surface area contributed by atoms with Crippen LogP contribution in [0.5, 0.6) is 0 Å². The standard InChI is InChI=1S/C22H22ClN5O/c1-14-17(22(28-27-14)15-8-10-16(23)11-9-15)13-21(29)24-12-4-7-20-25-18-5-2-3-6-19(18)26-20/h2-3,5-6,8-11H,4,7,12-13H2,1H3,(H,24,29)(H,25,26)(H,27,28). The Labute approximate surface area is 173 Å². The number of nitrogens with one attached hydrogen (secondary N) is 3. The number of aromatic nitrogens is 4. The summed E-state index contributed by atoms with van der Waals surface area (Å²) in [6, 6.07) is 15.4. The number of halogens is 1. The van der Waals surface area contributed by atoms with Crippen molar-refractivity contribution in [2.24, 2.45) is 0 Å². The van der Waals surface area contributed by atoms with Gasteiger partial charge in [0, 0.05) is 34.8 Å². The van der Waals surface area contributed by atoms with Crippen LogP contribution in [-0.4, -0.2) is 32.6 Å². The normalized spacial score (nSPS) is 11.1. The summed E-state index contributed by atoms with van der Waals surface area (Å²) in [4.78, 5) is 20.3. The summed E-state index contributed by atoms with van der Waals surface area (Å²) in [5.74, 6) is 0.922. The summed E-state index contributed by atoms with van der Waals surface area (Å²) in [5, 5.41) is 11.0. The second-order valence-electron chi connectivity index (χ2n) is 7.01. The zero-order valence-corrected chi connectivity index (χ0v) is 16.9. The molecule has 0 aliphatic carbocycles. The van der Waals surface area contributed by atoms with E-state index in [-0.39, 0.29) is 12.3 Å². The minimum Gasteiger partial charge on any atom is -0.356 e. The van der Waals surface area contributed by atoms with Gasteiger partial charge in [-0.2, -0.15) is 5.10 Å². The van der Waals surface area contributed by atoms with Crippen LogP contribution in [0, 0.1) is 6.92 Å². The largest absolute Gasteiger partial charge is 0.356 e. The van der Waals surface area contributed by atoms with Gasteiger partial charge in [0.2, 0.25) is 5.91 Å². The average Bonchev–Trinajstić information content (AvgIpc) is 3.29. The number of carbonyl (C=O) groups is 1. The molecule has 0 bridgehead atoms. The molecule has 0 saturated heterocycles. The van der Waals surface area contributed by atoms with Gasteiger partial charge in [-0.05, 0) is 37.6 Å². The van der Waals surface area contributed by atoms with Gasteiger partial charge in [-0.1, -0.05) is 35.9 Å². The first-order valence-corrected chi connectivity index (χ1v) is 9.98. The van der Waals surface area contributed by atoms with Crippen molar-refractivity contribution in [2.75, 3.05) is 6.54 Å². The van der Waals surface area contributed by atoms with E-state index in [0.717, 1.165) is 52.2 Å². The Hall–Kier alpha value is -3.12. The van der Waals surface area contributed by atoms with Crippen LogP contribution in [0.1, 0.15) is 23.5 Å². The third-order valence-electron chi connectivity index (χ3n) is 4.88. The molecule has 0 unspecified atom stereocenters. The van der Waals surface area contributed by atoms with E-state index in [2.05, 4.69) is 25.5 Å². The van der Waals surface area contributed by atoms with Gasteiger partial charge in [-0.15, -0.1) is 0 Å². The highest BCUT2D eigenvalue weighted by Crippen LogP contribution is 2.25. The Morgan fingerprint density at radius 2 is 1.93 bits per heavy atom. The number of hydrogen-bond acceptors (Lipinski definition) is 3. The van der Waals surface area contributed by atoms with Gasteiger partial charge < -0.3 is 10.3 Å². The number of para-hydroxylation sites is 2. The molecule has 29 heavy (non-hydrogen) atoms. The lowest BCUT2D eigenvalue weighted by Gasteiger charge is -2.06. The Morgan fingerprint density at radius 3 is 2.72 bits per heavy atom. The van der Waals surface area contributed by atoms with Crippen molar-refractivity contribution in [3.63, 3.8) is 0 Å². The molecular formula is C22H22ClN5O. The fraction of sp³-hybridized carbons (Fsp3) is 0.227. The fourth-order valence-electron chi connectivity index (χ4n) is 3.35. The van der Waals surface area contributed by atoms with Crippen LogP contribution in [0.4, 0.5) is 0 Å². The molecular weight excluding hydrogens is 386 g/mol. The molecule has 0 fully saturated rings. The number of nitrogens with zero attached hydrogens (tertiary/aromatic N) is 2. The van der Waals surface area contributed by atoms with Crippen LogP contribution in [0.15, 0.2) is 48.5 Å². The second kappa shape index (κ2) is 8.49. The lowest BCUT2D eigenvalue weighted by atomic mass is 10.0. The molecule has 0 saturated carbocycles. The maximum Gasteiger partial charge on any atom is 0.224 e. The summed E-state index contributed by atoms with van der Waals surface area (Å²) in [6.07, 6.45) is 1.89. The molecule has 0 atom stereocenters. The summed E-state index contributed by atoms with van der Waals surface area (Å²) < 4.78 is 0. The zero-order valence-electron chi connectivity index (χ0n) is 16.1. The highest BCUT2D eigenvalue weighted by molar-refractivity contribution is 6.30. The fourth-order valence-corrected chi connectivity index (χ4v) is 3.47. The molecule has 0 aliphatic heterocycles. The minimum absolute atomic E-state index is 0.0191. The Morgan fingerprint density at radius 1 is 1.14 bits per heavy atom. The zero-order chi connectivity index (χ0) is 20.2. The number of rotatable bonds is 7. The summed E-state index contributed by atoms with van der Waals surface area (Å²) in [7, 11) is 0. The maximum atomic E-state index is 12.5. The first-order valence-electron chi connectivity index (χ1n) is 9.60. The van der Waals surface area contributed by atoms with Crippen molar-refractivity contribution in [1.29, 1.82) is 0 Å². The van der Waals surface area contributed by atoms with Crippen LogP contribution in [0.2, 0.25) is 5.02 Å². The molecule has 4 aromatic rings. The second-order valence-corrected chi connectivity index (χ2v) is 7.45. The lowest BCUT2D eigenvalue weighted by Crippen LogP contribution is -2.26. The molecule has 7 heteroatoms. The number of H-pyrrole nitrogens is 2. The number of imidazole rings is 1. The number of carbonyl (C=O) groups excluding carboxylic acids is 1. The van der Waals surface area contributed by atoms with Crippen molar-refractivity contribution in [3.05, 3.63) is 70.6 Å².